The summed E-state index contributed by atoms with van der Waals surface area (Å²) in [6.07, 6.45) is 2.97. The summed E-state index contributed by atoms with van der Waals surface area (Å²) in [5, 5.41) is 30.5. The molecule has 1 aromatic heterocycles. The third-order valence-corrected chi connectivity index (χ3v) is 4.68. The van der Waals surface area contributed by atoms with E-state index < -0.39 is 0 Å². The smallest absolute Gasteiger partial charge is 0.256 e. The second kappa shape index (κ2) is 9.82. The van der Waals surface area contributed by atoms with E-state index in [2.05, 4.69) is 15.3 Å². The molecule has 8 nitrogen and oxygen atoms in total. The van der Waals surface area contributed by atoms with E-state index in [0.717, 1.165) is 16.7 Å². The minimum atomic E-state index is -0.285. The molecular weight excluding hydrogens is 384 g/mol. The van der Waals surface area contributed by atoms with Crippen molar-refractivity contribution in [3.63, 3.8) is 0 Å². The van der Waals surface area contributed by atoms with Gasteiger partial charge in [0.1, 0.15) is 5.75 Å². The standard InChI is InChI=1S/C22H24N4O4/c1-15-19(16-5-7-18(29)8-6-16)3-2-4-20(15)21(30)25-17-13-23-22(24-14-17)26(9-11-27)10-12-28/h2-8,13-14,27-29H,9-12H2,1H3,(H,25,30). The zero-order chi connectivity index (χ0) is 21.5. The van der Waals surface area contributed by atoms with Crippen molar-refractivity contribution in [1.82, 2.24) is 9.97 Å². The number of carbonyl (C=O) groups is 1. The first kappa shape index (κ1) is 21.2. The SMILES string of the molecule is Cc1c(C(=O)Nc2cnc(N(CCO)CCO)nc2)cccc1-c1ccc(O)cc1. The molecule has 0 fully saturated rings. The Kier molecular flexibility index (Phi) is 6.95. The maximum Gasteiger partial charge on any atom is 0.256 e. The maximum absolute atomic E-state index is 12.8. The molecule has 0 aliphatic heterocycles. The fourth-order valence-electron chi connectivity index (χ4n) is 3.14. The zero-order valence-corrected chi connectivity index (χ0v) is 16.6. The maximum atomic E-state index is 12.8. The van der Waals surface area contributed by atoms with Crippen molar-refractivity contribution in [2.45, 2.75) is 6.92 Å². The van der Waals surface area contributed by atoms with Gasteiger partial charge in [0.2, 0.25) is 5.95 Å². The van der Waals surface area contributed by atoms with Crippen LogP contribution in [0.2, 0.25) is 0 Å². The van der Waals surface area contributed by atoms with Gasteiger partial charge in [-0.05, 0) is 41.8 Å². The molecule has 4 N–H and O–H groups in total. The Morgan fingerprint density at radius 3 is 2.23 bits per heavy atom. The summed E-state index contributed by atoms with van der Waals surface area (Å²) in [6, 6.07) is 12.3. The van der Waals surface area contributed by atoms with Crippen LogP contribution in [0.15, 0.2) is 54.9 Å². The van der Waals surface area contributed by atoms with E-state index in [1.54, 1.807) is 35.2 Å². The molecule has 2 aromatic carbocycles. The quantitative estimate of drug-likeness (QED) is 0.451. The molecule has 0 bridgehead atoms. The van der Waals surface area contributed by atoms with E-state index >= 15 is 0 Å². The Balaban J connectivity index is 1.78. The van der Waals surface area contributed by atoms with Crippen LogP contribution in [0.1, 0.15) is 15.9 Å². The van der Waals surface area contributed by atoms with Crippen LogP contribution in [0.5, 0.6) is 5.75 Å². The molecule has 0 radical (unpaired) electrons. The number of benzene rings is 2. The van der Waals surface area contributed by atoms with Gasteiger partial charge in [0.15, 0.2) is 0 Å². The van der Waals surface area contributed by atoms with Crippen molar-refractivity contribution >= 4 is 17.5 Å². The number of anilines is 2. The van der Waals surface area contributed by atoms with Gasteiger partial charge in [0.25, 0.3) is 5.91 Å². The van der Waals surface area contributed by atoms with Crippen molar-refractivity contribution in [3.8, 4) is 16.9 Å². The third kappa shape index (κ3) is 4.91. The average molecular weight is 408 g/mol. The molecule has 156 valence electrons. The summed E-state index contributed by atoms with van der Waals surface area (Å²) in [7, 11) is 0. The fraction of sp³-hybridized carbons (Fsp3) is 0.227. The summed E-state index contributed by atoms with van der Waals surface area (Å²) in [6.45, 7) is 2.31. The van der Waals surface area contributed by atoms with Crippen molar-refractivity contribution < 1.29 is 20.1 Å². The molecule has 0 saturated heterocycles. The third-order valence-electron chi connectivity index (χ3n) is 4.68. The van der Waals surface area contributed by atoms with Gasteiger partial charge in [-0.15, -0.1) is 0 Å². The van der Waals surface area contributed by atoms with Crippen molar-refractivity contribution in [2.24, 2.45) is 0 Å². The number of carbonyl (C=O) groups excluding carboxylic acids is 1. The largest absolute Gasteiger partial charge is 0.508 e. The molecule has 30 heavy (non-hydrogen) atoms. The lowest BCUT2D eigenvalue weighted by Crippen LogP contribution is -2.31. The summed E-state index contributed by atoms with van der Waals surface area (Å²) in [5.74, 6) is 0.263. The Morgan fingerprint density at radius 2 is 1.63 bits per heavy atom. The highest BCUT2D eigenvalue weighted by molar-refractivity contribution is 6.06. The number of hydrogen-bond acceptors (Lipinski definition) is 7. The Hall–Kier alpha value is -3.49. The van der Waals surface area contributed by atoms with E-state index in [1.807, 2.05) is 19.1 Å². The number of nitrogens with one attached hydrogen (secondary N) is 1. The molecular formula is C22H24N4O4. The van der Waals surface area contributed by atoms with Gasteiger partial charge in [-0.25, -0.2) is 9.97 Å². The van der Waals surface area contributed by atoms with Gasteiger partial charge in [0.05, 0.1) is 31.3 Å². The van der Waals surface area contributed by atoms with Crippen LogP contribution >= 0.6 is 0 Å². The minimum Gasteiger partial charge on any atom is -0.508 e. The van der Waals surface area contributed by atoms with E-state index in [9.17, 15) is 9.90 Å². The number of aromatic nitrogens is 2. The summed E-state index contributed by atoms with van der Waals surface area (Å²) in [4.78, 5) is 22.9. The van der Waals surface area contributed by atoms with Crippen molar-refractivity contribution in [1.29, 1.82) is 0 Å². The number of aromatic hydroxyl groups is 1. The van der Waals surface area contributed by atoms with Crippen molar-refractivity contribution in [3.05, 3.63) is 66.0 Å². The number of phenolic OH excluding ortho intramolecular Hbond substituents is 1. The van der Waals surface area contributed by atoms with Crippen molar-refractivity contribution in [2.75, 3.05) is 36.5 Å². The Bertz CT molecular complexity index is 985. The minimum absolute atomic E-state index is 0.0848. The first-order valence-electron chi connectivity index (χ1n) is 9.52. The van der Waals surface area contributed by atoms with E-state index in [4.69, 9.17) is 10.2 Å². The molecule has 3 aromatic rings. The van der Waals surface area contributed by atoms with Gasteiger partial charge in [-0.2, -0.15) is 0 Å². The Morgan fingerprint density at radius 1 is 1.00 bits per heavy atom. The van der Waals surface area contributed by atoms with Crippen LogP contribution in [0, 0.1) is 6.92 Å². The normalized spacial score (nSPS) is 10.6. The number of aliphatic hydroxyl groups excluding tert-OH is 2. The molecule has 3 rings (SSSR count). The lowest BCUT2D eigenvalue weighted by atomic mass is 9.96. The molecule has 0 spiro atoms. The summed E-state index contributed by atoms with van der Waals surface area (Å²) >= 11 is 0. The van der Waals surface area contributed by atoms with Crippen LogP contribution in [-0.2, 0) is 0 Å². The number of aliphatic hydroxyl groups is 2. The lowest BCUT2D eigenvalue weighted by molar-refractivity contribution is 0.102. The monoisotopic (exact) mass is 408 g/mol. The van der Waals surface area contributed by atoms with E-state index in [0.29, 0.717) is 30.3 Å². The van der Waals surface area contributed by atoms with Gasteiger partial charge >= 0.3 is 0 Å². The molecule has 0 aliphatic carbocycles. The fourth-order valence-corrected chi connectivity index (χ4v) is 3.14. The van der Waals surface area contributed by atoms with E-state index in [1.165, 1.54) is 12.4 Å². The van der Waals surface area contributed by atoms with Gasteiger partial charge < -0.3 is 25.5 Å². The number of amides is 1. The second-order valence-corrected chi connectivity index (χ2v) is 6.69. The van der Waals surface area contributed by atoms with Gasteiger partial charge in [-0.3, -0.25) is 4.79 Å². The first-order valence-corrected chi connectivity index (χ1v) is 9.52. The predicted molar refractivity (Wildman–Crippen MR) is 115 cm³/mol. The second-order valence-electron chi connectivity index (χ2n) is 6.69. The Labute approximate surface area is 174 Å². The highest BCUT2D eigenvalue weighted by atomic mass is 16.3. The molecule has 8 heteroatoms. The molecule has 0 saturated carbocycles. The predicted octanol–water partition coefficient (Wildman–Crippen LogP) is 2.20. The van der Waals surface area contributed by atoms with Gasteiger partial charge in [-0.1, -0.05) is 24.3 Å². The van der Waals surface area contributed by atoms with Crippen LogP contribution in [0.25, 0.3) is 11.1 Å². The first-order chi connectivity index (χ1) is 14.5. The van der Waals surface area contributed by atoms with Crippen LogP contribution in [0.4, 0.5) is 11.6 Å². The number of hydrogen-bond donors (Lipinski definition) is 4. The lowest BCUT2D eigenvalue weighted by Gasteiger charge is -2.20. The molecule has 1 amide bonds. The zero-order valence-electron chi connectivity index (χ0n) is 16.6. The summed E-state index contributed by atoms with van der Waals surface area (Å²) < 4.78 is 0. The topological polar surface area (TPSA) is 119 Å². The number of nitrogens with zero attached hydrogens (tertiary/aromatic N) is 3. The molecule has 0 unspecified atom stereocenters. The van der Waals surface area contributed by atoms with Crippen LogP contribution in [-0.4, -0.2) is 57.5 Å². The van der Waals surface area contributed by atoms with Crippen LogP contribution < -0.4 is 10.2 Å². The highest BCUT2D eigenvalue weighted by Crippen LogP contribution is 2.27. The number of rotatable bonds is 8. The summed E-state index contributed by atoms with van der Waals surface area (Å²) in [5.41, 5.74) is 3.58. The molecule has 0 atom stereocenters. The van der Waals surface area contributed by atoms with E-state index in [-0.39, 0.29) is 24.9 Å². The van der Waals surface area contributed by atoms with Gasteiger partial charge in [0, 0.05) is 18.7 Å². The number of phenols is 1. The highest BCUT2D eigenvalue weighted by Gasteiger charge is 2.14. The molecule has 1 heterocycles. The average Bonchev–Trinajstić information content (AvgIpc) is 2.75. The molecule has 0 aliphatic rings. The van der Waals surface area contributed by atoms with Crippen LogP contribution in [0.3, 0.4) is 0 Å².